The Morgan fingerprint density at radius 3 is 2.27 bits per heavy atom. The van der Waals surface area contributed by atoms with E-state index in [1.807, 2.05) is 37.3 Å². The fourth-order valence-electron chi connectivity index (χ4n) is 6.10. The molecule has 1 aliphatic rings. The molecule has 11 nitrogen and oxygen atoms in total. The van der Waals surface area contributed by atoms with Crippen molar-refractivity contribution in [3.05, 3.63) is 70.7 Å². The van der Waals surface area contributed by atoms with Gasteiger partial charge in [-0.25, -0.2) is 4.79 Å². The fourth-order valence-corrected chi connectivity index (χ4v) is 8.08. The number of aliphatic hydroxyl groups is 1. The summed E-state index contributed by atoms with van der Waals surface area (Å²) < 4.78 is 30.0. The Kier molecular flexibility index (Phi) is 17.6. The van der Waals surface area contributed by atoms with Crippen LogP contribution < -0.4 is 10.6 Å². The van der Waals surface area contributed by atoms with Crippen LogP contribution in [0.1, 0.15) is 83.3 Å². The normalized spacial score (nSPS) is 15.5. The molecule has 0 saturated heterocycles. The Bertz CT molecular complexity index is 1350. The maximum Gasteiger partial charge on any atom is 0.408 e. The van der Waals surface area contributed by atoms with E-state index < -0.39 is 37.5 Å². The van der Waals surface area contributed by atoms with Gasteiger partial charge in [0, 0.05) is 24.5 Å². The van der Waals surface area contributed by atoms with Crippen molar-refractivity contribution in [1.82, 2.24) is 15.5 Å². The van der Waals surface area contributed by atoms with E-state index in [9.17, 15) is 24.1 Å². The van der Waals surface area contributed by atoms with Crippen molar-refractivity contribution >= 4 is 37.1 Å². The van der Waals surface area contributed by atoms with E-state index in [0.717, 1.165) is 37.7 Å². The van der Waals surface area contributed by atoms with Crippen molar-refractivity contribution in [3.63, 3.8) is 0 Å². The van der Waals surface area contributed by atoms with Crippen LogP contribution >= 0.6 is 19.2 Å². The molecule has 1 fully saturated rings. The summed E-state index contributed by atoms with van der Waals surface area (Å²) in [5, 5.41) is 17.5. The summed E-state index contributed by atoms with van der Waals surface area (Å²) in [7, 11) is -4.11. The second-order valence-electron chi connectivity index (χ2n) is 12.3. The number of nitrogens with one attached hydrogen (secondary N) is 2. The van der Waals surface area contributed by atoms with Gasteiger partial charge in [-0.15, -0.1) is 0 Å². The van der Waals surface area contributed by atoms with E-state index >= 15 is 0 Å². The smallest absolute Gasteiger partial charge is 0.408 e. The van der Waals surface area contributed by atoms with Gasteiger partial charge < -0.3 is 34.4 Å². The first-order valence-electron chi connectivity index (χ1n) is 17.4. The molecule has 0 heterocycles. The van der Waals surface area contributed by atoms with Crippen LogP contribution in [0, 0.1) is 5.92 Å². The summed E-state index contributed by atoms with van der Waals surface area (Å²) in [5.41, 5.74) is 1.79. The first-order valence-corrected chi connectivity index (χ1v) is 19.4. The molecule has 0 radical (unpaired) electrons. The molecule has 3 amide bonds. The predicted molar refractivity (Wildman–Crippen MR) is 190 cm³/mol. The topological polar surface area (TPSA) is 144 Å². The standard InChI is InChI=1S/C36H53ClN3O8P/c1-4-40(23-22-27-14-9-7-10-15-27)33(41)21-20-31(35(43)49(45,47-5-2)48-6-3)38-34(42)32(25-28-16-11-8-12-17-28)39-36(44)46-26-29-18-13-19-30(37)24-29/h7,9-10,13-15,18-19,24,28,31-32,35,43H,4-6,8,11-12,16-17,20-23,25-26H2,1-3H3,(H,38,42)(H,39,44)/t31-,32-,35?/m0/s1. The number of carbonyl (C=O) groups is 3. The molecule has 3 N–H and O–H groups in total. The van der Waals surface area contributed by atoms with Gasteiger partial charge in [0.1, 0.15) is 12.6 Å². The van der Waals surface area contributed by atoms with Gasteiger partial charge in [-0.05, 0) is 69.2 Å². The van der Waals surface area contributed by atoms with Crippen molar-refractivity contribution in [3.8, 4) is 0 Å². The van der Waals surface area contributed by atoms with Crippen LogP contribution in [0.25, 0.3) is 0 Å². The average Bonchev–Trinajstić information content (AvgIpc) is 3.10. The highest BCUT2D eigenvalue weighted by Crippen LogP contribution is 2.53. The third-order valence-corrected chi connectivity index (χ3v) is 11.2. The van der Waals surface area contributed by atoms with E-state index in [1.54, 1.807) is 43.0 Å². The summed E-state index contributed by atoms with van der Waals surface area (Å²) in [6.07, 6.45) is 5.21. The number of alkyl carbamates (subject to hydrolysis) is 1. The second-order valence-corrected chi connectivity index (χ2v) is 14.9. The molecule has 3 rings (SSSR count). The maximum atomic E-state index is 13.9. The second kappa shape index (κ2) is 21.3. The third kappa shape index (κ3) is 13.7. The molecule has 0 spiro atoms. The van der Waals surface area contributed by atoms with E-state index in [0.29, 0.717) is 36.5 Å². The Hall–Kier alpha value is -2.95. The molecule has 0 bridgehead atoms. The Labute approximate surface area is 295 Å². The maximum absolute atomic E-state index is 13.9. The largest absolute Gasteiger partial charge is 0.445 e. The van der Waals surface area contributed by atoms with E-state index in [1.165, 1.54) is 0 Å². The number of carbonyl (C=O) groups excluding carboxylic acids is 3. The number of hydrogen-bond acceptors (Lipinski definition) is 8. The highest BCUT2D eigenvalue weighted by atomic mass is 35.5. The van der Waals surface area contributed by atoms with E-state index in [4.69, 9.17) is 25.4 Å². The summed E-state index contributed by atoms with van der Waals surface area (Å²) in [5.74, 6) is -2.32. The highest BCUT2D eigenvalue weighted by Gasteiger charge is 2.42. The average molecular weight is 722 g/mol. The van der Waals surface area contributed by atoms with Crippen LogP contribution in [0.3, 0.4) is 0 Å². The number of likely N-dealkylation sites (N-methyl/N-ethyl adjacent to an activating group) is 1. The van der Waals surface area contributed by atoms with Gasteiger partial charge >= 0.3 is 13.7 Å². The van der Waals surface area contributed by atoms with Crippen molar-refractivity contribution in [2.75, 3.05) is 26.3 Å². The number of halogens is 1. The zero-order chi connectivity index (χ0) is 35.6. The quantitative estimate of drug-likeness (QED) is 0.126. The van der Waals surface area contributed by atoms with E-state index in [-0.39, 0.29) is 44.5 Å². The number of benzene rings is 2. The fraction of sp³-hybridized carbons (Fsp3) is 0.583. The minimum Gasteiger partial charge on any atom is -0.445 e. The van der Waals surface area contributed by atoms with Crippen LogP contribution in [0.4, 0.5) is 4.79 Å². The monoisotopic (exact) mass is 721 g/mol. The van der Waals surface area contributed by atoms with Crippen molar-refractivity contribution in [2.24, 2.45) is 5.92 Å². The minimum absolute atomic E-state index is 0.00135. The van der Waals surface area contributed by atoms with Gasteiger partial charge in [-0.1, -0.05) is 86.2 Å². The molecule has 13 heteroatoms. The number of hydrogen-bond donors (Lipinski definition) is 3. The predicted octanol–water partition coefficient (Wildman–Crippen LogP) is 6.85. The number of nitrogens with zero attached hydrogens (tertiary/aromatic N) is 1. The van der Waals surface area contributed by atoms with Gasteiger partial charge in [-0.2, -0.15) is 0 Å². The van der Waals surface area contributed by atoms with Crippen molar-refractivity contribution < 1.29 is 37.8 Å². The van der Waals surface area contributed by atoms with Crippen LogP contribution in [0.15, 0.2) is 54.6 Å². The molecule has 1 aliphatic carbocycles. The van der Waals surface area contributed by atoms with Crippen LogP contribution in [-0.2, 0) is 41.0 Å². The molecular formula is C36H53ClN3O8P. The first-order chi connectivity index (χ1) is 23.6. The zero-order valence-corrected chi connectivity index (χ0v) is 30.6. The van der Waals surface area contributed by atoms with Gasteiger partial charge in [0.25, 0.3) is 0 Å². The molecule has 3 atom stereocenters. The first kappa shape index (κ1) is 40.5. The van der Waals surface area contributed by atoms with Crippen molar-refractivity contribution in [1.29, 1.82) is 0 Å². The third-order valence-electron chi connectivity index (χ3n) is 8.71. The lowest BCUT2D eigenvalue weighted by Crippen LogP contribution is -2.53. The zero-order valence-electron chi connectivity index (χ0n) is 29.0. The van der Waals surface area contributed by atoms with Gasteiger partial charge in [0.2, 0.25) is 11.8 Å². The Morgan fingerprint density at radius 1 is 0.959 bits per heavy atom. The Morgan fingerprint density at radius 2 is 1.63 bits per heavy atom. The van der Waals surface area contributed by atoms with Gasteiger partial charge in [-0.3, -0.25) is 14.2 Å². The van der Waals surface area contributed by atoms with Gasteiger partial charge in [0.05, 0.1) is 19.3 Å². The molecule has 49 heavy (non-hydrogen) atoms. The molecule has 2 aromatic rings. The summed E-state index contributed by atoms with van der Waals surface area (Å²) in [4.78, 5) is 42.0. The van der Waals surface area contributed by atoms with Crippen molar-refractivity contribution in [2.45, 2.75) is 103 Å². The number of aliphatic hydroxyl groups excluding tert-OH is 1. The van der Waals surface area contributed by atoms with Crippen LogP contribution in [-0.4, -0.2) is 72.1 Å². The number of ether oxygens (including phenoxy) is 1. The summed E-state index contributed by atoms with van der Waals surface area (Å²) >= 11 is 6.06. The molecule has 0 aliphatic heterocycles. The lowest BCUT2D eigenvalue weighted by Gasteiger charge is -2.32. The molecule has 272 valence electrons. The number of amides is 3. The summed E-state index contributed by atoms with van der Waals surface area (Å²) in [6, 6.07) is 14.6. The van der Waals surface area contributed by atoms with E-state index in [2.05, 4.69) is 10.6 Å². The molecule has 1 unspecified atom stereocenters. The lowest BCUT2D eigenvalue weighted by atomic mass is 9.84. The SMILES string of the molecule is CCOP(=O)(OCC)C(O)[C@H](CCC(=O)N(CC)CCc1ccccc1)NC(=O)[C@H](CC1CCCCC1)NC(=O)OCc1cccc(Cl)c1. The summed E-state index contributed by atoms with van der Waals surface area (Å²) in [6.45, 7) is 6.08. The molecular weight excluding hydrogens is 669 g/mol. The number of rotatable bonds is 20. The van der Waals surface area contributed by atoms with Crippen LogP contribution in [0.2, 0.25) is 5.02 Å². The molecule has 1 saturated carbocycles. The Balaban J connectivity index is 1.77. The molecule has 2 aromatic carbocycles. The highest BCUT2D eigenvalue weighted by molar-refractivity contribution is 7.54. The minimum atomic E-state index is -4.11. The lowest BCUT2D eigenvalue weighted by molar-refractivity contribution is -0.132. The van der Waals surface area contributed by atoms with Crippen LogP contribution in [0.5, 0.6) is 0 Å². The van der Waals surface area contributed by atoms with Gasteiger partial charge in [0.15, 0.2) is 5.85 Å². The molecule has 0 aromatic heterocycles.